The van der Waals surface area contributed by atoms with Crippen LogP contribution in [-0.4, -0.2) is 39.2 Å². The molecule has 6 heteroatoms. The van der Waals surface area contributed by atoms with Gasteiger partial charge in [0.05, 0.1) is 5.56 Å². The van der Waals surface area contributed by atoms with Crippen LogP contribution >= 0.6 is 0 Å². The lowest BCUT2D eigenvalue weighted by Crippen LogP contribution is -2.27. The zero-order chi connectivity index (χ0) is 14.4. The summed E-state index contributed by atoms with van der Waals surface area (Å²) in [4.78, 5) is 22.4. The van der Waals surface area contributed by atoms with Crippen LogP contribution in [0.5, 0.6) is 0 Å². The van der Waals surface area contributed by atoms with Crippen molar-refractivity contribution in [1.29, 1.82) is 0 Å². The van der Waals surface area contributed by atoms with E-state index in [1.807, 2.05) is 6.92 Å². The van der Waals surface area contributed by atoms with Crippen molar-refractivity contribution in [3.63, 3.8) is 0 Å². The van der Waals surface area contributed by atoms with Crippen LogP contribution in [0.2, 0.25) is 0 Å². The van der Waals surface area contributed by atoms with Gasteiger partial charge in [-0.1, -0.05) is 6.92 Å². The molecule has 0 heterocycles. The lowest BCUT2D eigenvalue weighted by Gasteiger charge is -2.09. The first-order valence-corrected chi connectivity index (χ1v) is 7.47. The summed E-state index contributed by atoms with van der Waals surface area (Å²) in [5, 5.41) is 11.5. The van der Waals surface area contributed by atoms with Gasteiger partial charge in [-0.25, -0.2) is 4.79 Å². The number of carbonyl (C=O) groups is 2. The normalized spacial score (nSPS) is 13.6. The van der Waals surface area contributed by atoms with Gasteiger partial charge in [-0.2, -0.15) is 0 Å². The number of amides is 1. The third-order valence-electron chi connectivity index (χ3n) is 2.80. The van der Waals surface area contributed by atoms with Gasteiger partial charge in [0.1, 0.15) is 0 Å². The molecular weight excluding hydrogens is 266 g/mol. The number of aromatic carboxylic acids is 1. The van der Waals surface area contributed by atoms with Gasteiger partial charge in [0, 0.05) is 34.4 Å². The zero-order valence-electron chi connectivity index (χ0n) is 10.9. The van der Waals surface area contributed by atoms with E-state index in [0.29, 0.717) is 18.5 Å². The van der Waals surface area contributed by atoms with Crippen LogP contribution in [-0.2, 0) is 10.8 Å². The van der Waals surface area contributed by atoms with Gasteiger partial charge in [0.25, 0.3) is 5.91 Å². The van der Waals surface area contributed by atoms with Crippen molar-refractivity contribution < 1.29 is 18.9 Å². The molecule has 1 amide bonds. The van der Waals surface area contributed by atoms with Crippen molar-refractivity contribution in [2.75, 3.05) is 12.8 Å². The van der Waals surface area contributed by atoms with Crippen molar-refractivity contribution >= 4 is 22.7 Å². The Bertz CT molecular complexity index is 484. The Kier molecular flexibility index (Phi) is 5.69. The van der Waals surface area contributed by atoms with Gasteiger partial charge >= 0.3 is 5.97 Å². The van der Waals surface area contributed by atoms with Crippen LogP contribution in [0, 0.1) is 0 Å². The molecule has 2 atom stereocenters. The molecule has 19 heavy (non-hydrogen) atoms. The van der Waals surface area contributed by atoms with E-state index >= 15 is 0 Å². The zero-order valence-corrected chi connectivity index (χ0v) is 11.7. The SMILES string of the molecule is CC(CCNC(=O)c1ccc(C(=O)O)cc1)S(C)=O. The fourth-order valence-corrected chi connectivity index (χ4v) is 1.87. The van der Waals surface area contributed by atoms with Gasteiger partial charge in [0.2, 0.25) is 0 Å². The van der Waals surface area contributed by atoms with Crippen LogP contribution in [0.3, 0.4) is 0 Å². The highest BCUT2D eigenvalue weighted by Crippen LogP contribution is 2.05. The number of nitrogens with one attached hydrogen (secondary N) is 1. The number of carboxylic acids is 1. The molecule has 0 spiro atoms. The monoisotopic (exact) mass is 283 g/mol. The topological polar surface area (TPSA) is 83.5 Å². The number of benzene rings is 1. The molecule has 0 aliphatic carbocycles. The minimum atomic E-state index is -1.02. The van der Waals surface area contributed by atoms with Crippen LogP contribution < -0.4 is 5.32 Å². The highest BCUT2D eigenvalue weighted by atomic mass is 32.2. The van der Waals surface area contributed by atoms with Crippen molar-refractivity contribution in [3.05, 3.63) is 35.4 Å². The molecule has 1 aromatic rings. The molecule has 0 aliphatic rings. The van der Waals surface area contributed by atoms with Gasteiger partial charge in [-0.3, -0.25) is 9.00 Å². The maximum atomic E-state index is 11.7. The minimum absolute atomic E-state index is 0.0367. The molecule has 2 unspecified atom stereocenters. The van der Waals surface area contributed by atoms with E-state index < -0.39 is 16.8 Å². The summed E-state index contributed by atoms with van der Waals surface area (Å²) in [5.41, 5.74) is 0.557. The summed E-state index contributed by atoms with van der Waals surface area (Å²) in [5.74, 6) is -1.28. The number of carboxylic acid groups (broad SMARTS) is 1. The lowest BCUT2D eigenvalue weighted by atomic mass is 10.1. The quantitative estimate of drug-likeness (QED) is 0.823. The molecule has 0 aliphatic heterocycles. The highest BCUT2D eigenvalue weighted by Gasteiger charge is 2.09. The largest absolute Gasteiger partial charge is 0.478 e. The molecule has 1 rings (SSSR count). The molecule has 0 radical (unpaired) electrons. The summed E-state index contributed by atoms with van der Waals surface area (Å²) in [6, 6.07) is 5.72. The van der Waals surface area contributed by atoms with E-state index in [2.05, 4.69) is 5.32 Å². The first-order valence-electron chi connectivity index (χ1n) is 5.85. The van der Waals surface area contributed by atoms with Crippen molar-refractivity contribution in [1.82, 2.24) is 5.32 Å². The maximum absolute atomic E-state index is 11.7. The van der Waals surface area contributed by atoms with Crippen LogP contribution in [0.15, 0.2) is 24.3 Å². The summed E-state index contributed by atoms with van der Waals surface area (Å²) < 4.78 is 11.1. The Labute approximate surface area is 114 Å². The third kappa shape index (κ3) is 4.82. The van der Waals surface area contributed by atoms with Crippen molar-refractivity contribution in [2.24, 2.45) is 0 Å². The predicted molar refractivity (Wildman–Crippen MR) is 73.9 cm³/mol. The summed E-state index contributed by atoms with van der Waals surface area (Å²) >= 11 is 0. The van der Waals surface area contributed by atoms with E-state index in [-0.39, 0.29) is 16.7 Å². The third-order valence-corrected chi connectivity index (χ3v) is 4.17. The van der Waals surface area contributed by atoms with Gasteiger partial charge in [0.15, 0.2) is 0 Å². The second-order valence-corrected chi connectivity index (χ2v) is 6.04. The number of carbonyl (C=O) groups excluding carboxylic acids is 1. The summed E-state index contributed by atoms with van der Waals surface area (Å²) in [7, 11) is -0.894. The van der Waals surface area contributed by atoms with E-state index in [1.165, 1.54) is 24.3 Å². The van der Waals surface area contributed by atoms with Crippen LogP contribution in [0.25, 0.3) is 0 Å². The number of hydrogen-bond acceptors (Lipinski definition) is 3. The molecule has 0 fully saturated rings. The molecular formula is C13H17NO4S. The van der Waals surface area contributed by atoms with Gasteiger partial charge in [-0.05, 0) is 30.7 Å². The fraction of sp³-hybridized carbons (Fsp3) is 0.385. The molecule has 0 saturated heterocycles. The van der Waals surface area contributed by atoms with E-state index in [4.69, 9.17) is 5.11 Å². The van der Waals surface area contributed by atoms with Crippen molar-refractivity contribution in [2.45, 2.75) is 18.6 Å². The number of hydrogen-bond donors (Lipinski definition) is 2. The Hall–Kier alpha value is -1.69. The molecule has 104 valence electrons. The average Bonchev–Trinajstić information content (AvgIpc) is 2.38. The molecule has 5 nitrogen and oxygen atoms in total. The maximum Gasteiger partial charge on any atom is 0.335 e. The summed E-state index contributed by atoms with van der Waals surface area (Å²) in [6.07, 6.45) is 2.28. The minimum Gasteiger partial charge on any atom is -0.478 e. The van der Waals surface area contributed by atoms with E-state index in [0.717, 1.165) is 0 Å². The van der Waals surface area contributed by atoms with Crippen molar-refractivity contribution in [3.8, 4) is 0 Å². The molecule has 1 aromatic carbocycles. The van der Waals surface area contributed by atoms with Gasteiger partial charge < -0.3 is 10.4 Å². The molecule has 2 N–H and O–H groups in total. The van der Waals surface area contributed by atoms with E-state index in [9.17, 15) is 13.8 Å². The second kappa shape index (κ2) is 7.04. The molecule has 0 saturated carbocycles. The molecule has 0 bridgehead atoms. The Morgan fingerprint density at radius 2 is 1.79 bits per heavy atom. The van der Waals surface area contributed by atoms with E-state index in [1.54, 1.807) is 6.26 Å². The number of rotatable bonds is 6. The second-order valence-electron chi connectivity index (χ2n) is 4.24. The molecule has 0 aromatic heterocycles. The van der Waals surface area contributed by atoms with Gasteiger partial charge in [-0.15, -0.1) is 0 Å². The standard InChI is InChI=1S/C13H17NO4S/c1-9(19(2)18)7-8-14-12(15)10-3-5-11(6-4-10)13(16)17/h3-6,9H,7-8H2,1-2H3,(H,14,15)(H,16,17). The lowest BCUT2D eigenvalue weighted by molar-refractivity contribution is 0.0696. The highest BCUT2D eigenvalue weighted by molar-refractivity contribution is 7.84. The fourth-order valence-electron chi connectivity index (χ4n) is 1.42. The predicted octanol–water partition coefficient (Wildman–Crippen LogP) is 1.27. The first kappa shape index (κ1) is 15.4. The Morgan fingerprint density at radius 3 is 2.26 bits per heavy atom. The Balaban J connectivity index is 2.50. The smallest absolute Gasteiger partial charge is 0.335 e. The van der Waals surface area contributed by atoms with Crippen LogP contribution in [0.1, 0.15) is 34.1 Å². The Morgan fingerprint density at radius 1 is 1.26 bits per heavy atom. The summed E-state index contributed by atoms with van der Waals surface area (Å²) in [6.45, 7) is 2.31. The first-order chi connectivity index (χ1) is 8.91. The average molecular weight is 283 g/mol. The van der Waals surface area contributed by atoms with Crippen LogP contribution in [0.4, 0.5) is 0 Å².